The molecule has 0 bridgehead atoms. The minimum absolute atomic E-state index is 0.0130. The maximum atomic E-state index is 11.0. The van der Waals surface area contributed by atoms with Crippen LogP contribution in [0.1, 0.15) is 25.0 Å². The van der Waals surface area contributed by atoms with Crippen LogP contribution in [0.25, 0.3) is 0 Å². The molecule has 1 heterocycles. The Morgan fingerprint density at radius 3 is 2.68 bits per heavy atom. The van der Waals surface area contributed by atoms with E-state index in [1.54, 1.807) is 0 Å². The summed E-state index contributed by atoms with van der Waals surface area (Å²) in [6, 6.07) is 6.76. The standard InChI is InChI=1S/C13H18N2O.CH2O2/c1-9-6-12-7-13(14-10(2)16)5-4-11(12)8-15(9)3;2-1-3/h4-5,7,9H,6,8H2,1-3H3,(H,14,16);1H,(H,2,3). The van der Waals surface area contributed by atoms with Crippen LogP contribution in [0.3, 0.4) is 0 Å². The molecule has 0 radical (unpaired) electrons. The number of rotatable bonds is 1. The maximum Gasteiger partial charge on any atom is 0.290 e. The highest BCUT2D eigenvalue weighted by molar-refractivity contribution is 5.88. The van der Waals surface area contributed by atoms with Gasteiger partial charge in [-0.3, -0.25) is 14.5 Å². The van der Waals surface area contributed by atoms with E-state index < -0.39 is 0 Å². The number of fused-ring (bicyclic) bond motifs is 1. The Morgan fingerprint density at radius 1 is 1.47 bits per heavy atom. The summed E-state index contributed by atoms with van der Waals surface area (Å²) in [5, 5.41) is 9.72. The Labute approximate surface area is 113 Å². The van der Waals surface area contributed by atoms with Gasteiger partial charge in [0, 0.05) is 25.2 Å². The van der Waals surface area contributed by atoms with Gasteiger partial charge in [-0.25, -0.2) is 0 Å². The van der Waals surface area contributed by atoms with Crippen molar-refractivity contribution in [1.82, 2.24) is 4.90 Å². The molecule has 5 nitrogen and oxygen atoms in total. The Bertz CT molecular complexity index is 460. The minimum Gasteiger partial charge on any atom is -0.483 e. The van der Waals surface area contributed by atoms with Crippen molar-refractivity contribution in [3.63, 3.8) is 0 Å². The van der Waals surface area contributed by atoms with Gasteiger partial charge < -0.3 is 10.4 Å². The summed E-state index contributed by atoms with van der Waals surface area (Å²) in [6.45, 7) is 4.51. The highest BCUT2D eigenvalue weighted by atomic mass is 16.3. The van der Waals surface area contributed by atoms with Crippen LogP contribution in [0.5, 0.6) is 0 Å². The van der Waals surface area contributed by atoms with Gasteiger partial charge in [-0.05, 0) is 43.7 Å². The number of carbonyl (C=O) groups excluding carboxylic acids is 1. The first-order valence-electron chi connectivity index (χ1n) is 6.15. The second-order valence-electron chi connectivity index (χ2n) is 4.74. The Kier molecular flexibility index (Phi) is 5.51. The zero-order valence-corrected chi connectivity index (χ0v) is 11.5. The van der Waals surface area contributed by atoms with Gasteiger partial charge in [-0.1, -0.05) is 6.07 Å². The quantitative estimate of drug-likeness (QED) is 0.758. The Hall–Kier alpha value is -1.88. The number of likely N-dealkylation sites (N-methyl/N-ethyl adjacent to an activating group) is 1. The lowest BCUT2D eigenvalue weighted by atomic mass is 9.95. The van der Waals surface area contributed by atoms with Crippen molar-refractivity contribution in [2.24, 2.45) is 0 Å². The van der Waals surface area contributed by atoms with Gasteiger partial charge in [0.2, 0.25) is 5.91 Å². The molecule has 104 valence electrons. The molecule has 1 aliphatic rings. The van der Waals surface area contributed by atoms with Crippen molar-refractivity contribution < 1.29 is 14.7 Å². The number of benzene rings is 1. The molecule has 1 aromatic carbocycles. The average Bonchev–Trinajstić information content (AvgIpc) is 2.31. The van der Waals surface area contributed by atoms with Crippen LogP contribution in [0, 0.1) is 0 Å². The number of carbonyl (C=O) groups is 2. The van der Waals surface area contributed by atoms with Crippen LogP contribution in [0.15, 0.2) is 18.2 Å². The topological polar surface area (TPSA) is 69.6 Å². The monoisotopic (exact) mass is 264 g/mol. The molecule has 19 heavy (non-hydrogen) atoms. The van der Waals surface area contributed by atoms with E-state index in [0.717, 1.165) is 18.7 Å². The lowest BCUT2D eigenvalue weighted by Gasteiger charge is -2.31. The maximum absolute atomic E-state index is 11.0. The van der Waals surface area contributed by atoms with Crippen LogP contribution in [0.4, 0.5) is 5.69 Å². The zero-order valence-electron chi connectivity index (χ0n) is 11.5. The summed E-state index contributed by atoms with van der Waals surface area (Å²) in [5.41, 5.74) is 3.63. The van der Waals surface area contributed by atoms with Crippen LogP contribution < -0.4 is 5.32 Å². The number of hydrogen-bond donors (Lipinski definition) is 2. The Balaban J connectivity index is 0.000000550. The summed E-state index contributed by atoms with van der Waals surface area (Å²) >= 11 is 0. The van der Waals surface area contributed by atoms with Gasteiger partial charge in [0.05, 0.1) is 0 Å². The zero-order chi connectivity index (χ0) is 14.4. The van der Waals surface area contributed by atoms with Crippen LogP contribution in [-0.2, 0) is 22.6 Å². The Morgan fingerprint density at radius 2 is 2.11 bits per heavy atom. The number of amides is 1. The van der Waals surface area contributed by atoms with E-state index in [1.807, 2.05) is 6.07 Å². The van der Waals surface area contributed by atoms with Gasteiger partial charge in [0.15, 0.2) is 0 Å². The van der Waals surface area contributed by atoms with Crippen molar-refractivity contribution in [2.75, 3.05) is 12.4 Å². The second kappa shape index (κ2) is 6.89. The van der Waals surface area contributed by atoms with Gasteiger partial charge in [0.25, 0.3) is 6.47 Å². The molecule has 1 amide bonds. The summed E-state index contributed by atoms with van der Waals surface area (Å²) in [7, 11) is 2.15. The highest BCUT2D eigenvalue weighted by Crippen LogP contribution is 2.24. The molecule has 2 rings (SSSR count). The fourth-order valence-electron chi connectivity index (χ4n) is 2.15. The third-order valence-corrected chi connectivity index (χ3v) is 3.21. The van der Waals surface area contributed by atoms with Crippen LogP contribution >= 0.6 is 0 Å². The predicted octanol–water partition coefficient (Wildman–Crippen LogP) is 1.72. The molecule has 2 N–H and O–H groups in total. The molecular weight excluding hydrogens is 244 g/mol. The number of nitrogens with one attached hydrogen (secondary N) is 1. The van der Waals surface area contributed by atoms with Crippen molar-refractivity contribution in [3.8, 4) is 0 Å². The first-order chi connectivity index (χ1) is 8.97. The van der Waals surface area contributed by atoms with E-state index in [-0.39, 0.29) is 12.4 Å². The molecule has 1 aliphatic heterocycles. The smallest absolute Gasteiger partial charge is 0.290 e. The summed E-state index contributed by atoms with van der Waals surface area (Å²) in [5.74, 6) is -0.0130. The largest absolute Gasteiger partial charge is 0.483 e. The van der Waals surface area contributed by atoms with Gasteiger partial charge in [-0.15, -0.1) is 0 Å². The van der Waals surface area contributed by atoms with Crippen molar-refractivity contribution in [3.05, 3.63) is 29.3 Å². The average molecular weight is 264 g/mol. The third kappa shape index (κ3) is 4.37. The SMILES string of the molecule is CC(=O)Nc1ccc2c(c1)CC(C)N(C)C2.O=CO. The predicted molar refractivity (Wildman–Crippen MR) is 74.1 cm³/mol. The molecule has 5 heteroatoms. The van der Waals surface area contributed by atoms with Crippen LogP contribution in [0.2, 0.25) is 0 Å². The van der Waals surface area contributed by atoms with Gasteiger partial charge >= 0.3 is 0 Å². The summed E-state index contributed by atoms with van der Waals surface area (Å²) < 4.78 is 0. The molecule has 0 fully saturated rings. The molecule has 0 saturated carbocycles. The molecule has 1 aromatic rings. The molecule has 1 unspecified atom stereocenters. The molecule has 0 spiro atoms. The fraction of sp³-hybridized carbons (Fsp3) is 0.429. The van der Waals surface area contributed by atoms with Crippen molar-refractivity contribution in [1.29, 1.82) is 0 Å². The van der Waals surface area contributed by atoms with Crippen molar-refractivity contribution in [2.45, 2.75) is 32.9 Å². The number of anilines is 1. The van der Waals surface area contributed by atoms with E-state index in [2.05, 4.69) is 36.3 Å². The van der Waals surface area contributed by atoms with Crippen LogP contribution in [-0.4, -0.2) is 35.5 Å². The number of hydrogen-bond acceptors (Lipinski definition) is 3. The molecular formula is C14H20N2O3. The van der Waals surface area contributed by atoms with E-state index in [1.165, 1.54) is 18.1 Å². The summed E-state index contributed by atoms with van der Waals surface area (Å²) in [4.78, 5) is 21.7. The molecule has 0 aromatic heterocycles. The lowest BCUT2D eigenvalue weighted by molar-refractivity contribution is -0.123. The summed E-state index contributed by atoms with van der Waals surface area (Å²) in [6.07, 6.45) is 1.05. The van der Waals surface area contributed by atoms with E-state index in [4.69, 9.17) is 9.90 Å². The lowest BCUT2D eigenvalue weighted by Crippen LogP contribution is -2.35. The van der Waals surface area contributed by atoms with E-state index >= 15 is 0 Å². The molecule has 1 atom stereocenters. The first kappa shape index (κ1) is 15.2. The van der Waals surface area contributed by atoms with Gasteiger partial charge in [-0.2, -0.15) is 0 Å². The minimum atomic E-state index is -0.250. The van der Waals surface area contributed by atoms with E-state index in [9.17, 15) is 4.79 Å². The number of nitrogens with zero attached hydrogens (tertiary/aromatic N) is 1. The van der Waals surface area contributed by atoms with Gasteiger partial charge in [0.1, 0.15) is 0 Å². The van der Waals surface area contributed by atoms with Crippen molar-refractivity contribution >= 4 is 18.1 Å². The highest BCUT2D eigenvalue weighted by Gasteiger charge is 2.19. The number of carboxylic acid groups (broad SMARTS) is 1. The molecule has 0 aliphatic carbocycles. The fourth-order valence-corrected chi connectivity index (χ4v) is 2.15. The first-order valence-corrected chi connectivity index (χ1v) is 6.15. The molecule has 0 saturated heterocycles. The van der Waals surface area contributed by atoms with E-state index in [0.29, 0.717) is 6.04 Å². The second-order valence-corrected chi connectivity index (χ2v) is 4.74. The normalized spacial score (nSPS) is 17.7. The third-order valence-electron chi connectivity index (χ3n) is 3.21.